The number of benzene rings is 1. The first-order valence-corrected chi connectivity index (χ1v) is 4.54. The van der Waals surface area contributed by atoms with E-state index in [1.54, 1.807) is 0 Å². The number of hydrogen-bond donors (Lipinski definition) is 1. The molecule has 0 unspecified atom stereocenters. The lowest BCUT2D eigenvalue weighted by molar-refractivity contribution is 0.867. The van der Waals surface area contributed by atoms with Gasteiger partial charge < -0.3 is 4.31 Å². The van der Waals surface area contributed by atoms with E-state index in [2.05, 4.69) is 50.9 Å². The molecule has 0 heterocycles. The van der Waals surface area contributed by atoms with Crippen LogP contribution in [0.2, 0.25) is 0 Å². The van der Waals surface area contributed by atoms with Crippen molar-refractivity contribution >= 4 is 18.5 Å². The first-order chi connectivity index (χ1) is 5.61. The number of thiol groups is 1. The van der Waals surface area contributed by atoms with E-state index in [0.29, 0.717) is 5.92 Å². The summed E-state index contributed by atoms with van der Waals surface area (Å²) >= 11 is 4.21. The Morgan fingerprint density at radius 1 is 1.17 bits per heavy atom. The molecule has 0 N–H and O–H groups in total. The van der Waals surface area contributed by atoms with Crippen LogP contribution in [0.15, 0.2) is 24.3 Å². The molecule has 0 spiro atoms. The monoisotopic (exact) mass is 181 g/mol. The van der Waals surface area contributed by atoms with Crippen LogP contribution in [0.5, 0.6) is 0 Å². The smallest absolute Gasteiger partial charge is 0.0464 e. The highest BCUT2D eigenvalue weighted by atomic mass is 32.1. The van der Waals surface area contributed by atoms with Gasteiger partial charge in [-0.25, -0.2) is 0 Å². The second-order valence-electron chi connectivity index (χ2n) is 3.27. The molecule has 1 aromatic carbocycles. The van der Waals surface area contributed by atoms with E-state index in [-0.39, 0.29) is 0 Å². The highest BCUT2D eigenvalue weighted by Gasteiger charge is 1.99. The normalized spacial score (nSPS) is 10.4. The largest absolute Gasteiger partial charge is 0.322 e. The van der Waals surface area contributed by atoms with Crippen molar-refractivity contribution in [3.05, 3.63) is 29.8 Å². The summed E-state index contributed by atoms with van der Waals surface area (Å²) in [6.45, 7) is 4.39. The van der Waals surface area contributed by atoms with Crippen molar-refractivity contribution in [2.45, 2.75) is 19.8 Å². The summed E-state index contributed by atoms with van der Waals surface area (Å²) in [6.07, 6.45) is 0. The van der Waals surface area contributed by atoms with Gasteiger partial charge in [-0.1, -0.05) is 38.8 Å². The maximum atomic E-state index is 4.21. The van der Waals surface area contributed by atoms with Crippen molar-refractivity contribution in [1.82, 2.24) is 0 Å². The topological polar surface area (TPSA) is 3.24 Å². The summed E-state index contributed by atoms with van der Waals surface area (Å²) in [5.41, 5.74) is 2.50. The molecular weight excluding hydrogens is 166 g/mol. The fourth-order valence-electron chi connectivity index (χ4n) is 1.07. The molecule has 0 fully saturated rings. The lowest BCUT2D eigenvalue weighted by atomic mass is 10.0. The summed E-state index contributed by atoms with van der Waals surface area (Å²) in [6, 6.07) is 8.46. The van der Waals surface area contributed by atoms with Gasteiger partial charge in [0, 0.05) is 12.7 Å². The maximum absolute atomic E-state index is 4.21. The summed E-state index contributed by atoms with van der Waals surface area (Å²) in [4.78, 5) is 0. The number of nitrogens with zero attached hydrogens (tertiary/aromatic N) is 1. The Morgan fingerprint density at radius 3 is 2.00 bits per heavy atom. The molecule has 1 rings (SSSR count). The predicted octanol–water partition coefficient (Wildman–Crippen LogP) is 3.09. The number of hydrogen-bond acceptors (Lipinski definition) is 2. The molecule has 0 aromatic heterocycles. The molecule has 0 aliphatic heterocycles. The van der Waals surface area contributed by atoms with Gasteiger partial charge in [0.15, 0.2) is 0 Å². The first kappa shape index (κ1) is 9.46. The van der Waals surface area contributed by atoms with Gasteiger partial charge >= 0.3 is 0 Å². The molecule has 0 atom stereocenters. The van der Waals surface area contributed by atoms with Crippen molar-refractivity contribution < 1.29 is 0 Å². The molecule has 12 heavy (non-hydrogen) atoms. The fraction of sp³-hybridized carbons (Fsp3) is 0.400. The minimum atomic E-state index is 0.601. The molecule has 2 heteroatoms. The van der Waals surface area contributed by atoms with Crippen LogP contribution in [0.4, 0.5) is 5.69 Å². The van der Waals surface area contributed by atoms with Crippen molar-refractivity contribution in [3.8, 4) is 0 Å². The van der Waals surface area contributed by atoms with Crippen LogP contribution < -0.4 is 4.31 Å². The molecule has 0 saturated heterocycles. The minimum Gasteiger partial charge on any atom is -0.322 e. The van der Waals surface area contributed by atoms with Crippen LogP contribution in [0, 0.1) is 0 Å². The zero-order valence-electron chi connectivity index (χ0n) is 7.78. The second-order valence-corrected chi connectivity index (χ2v) is 3.87. The average Bonchev–Trinajstić information content (AvgIpc) is 2.04. The summed E-state index contributed by atoms with van der Waals surface area (Å²) in [7, 11) is 1.92. The Hall–Kier alpha value is -0.630. The van der Waals surface area contributed by atoms with Crippen LogP contribution in [0.1, 0.15) is 25.3 Å². The lowest BCUT2D eigenvalue weighted by Crippen LogP contribution is -2.00. The third kappa shape index (κ3) is 2.18. The van der Waals surface area contributed by atoms with Gasteiger partial charge in [-0.3, -0.25) is 0 Å². The van der Waals surface area contributed by atoms with Crippen LogP contribution in [-0.4, -0.2) is 7.05 Å². The minimum absolute atomic E-state index is 0.601. The Bertz CT molecular complexity index is 212. The Kier molecular flexibility index (Phi) is 3.04. The molecular formula is C10H15NS. The molecule has 66 valence electrons. The average molecular weight is 181 g/mol. The van der Waals surface area contributed by atoms with Gasteiger partial charge in [0.1, 0.15) is 0 Å². The summed E-state index contributed by atoms with van der Waals surface area (Å²) in [5, 5.41) is 0. The maximum Gasteiger partial charge on any atom is 0.0464 e. The van der Waals surface area contributed by atoms with Crippen LogP contribution in [0.25, 0.3) is 0 Å². The Balaban J connectivity index is 2.86. The van der Waals surface area contributed by atoms with Crippen LogP contribution in [-0.2, 0) is 0 Å². The van der Waals surface area contributed by atoms with E-state index in [4.69, 9.17) is 0 Å². The molecule has 0 radical (unpaired) electrons. The van der Waals surface area contributed by atoms with Crippen molar-refractivity contribution in [2.75, 3.05) is 11.4 Å². The van der Waals surface area contributed by atoms with Gasteiger partial charge in [-0.15, -0.1) is 0 Å². The standard InChI is InChI=1S/C10H15NS/c1-8(2)9-4-6-10(7-5-9)11(3)12/h4-8,12H,1-3H3. The highest BCUT2D eigenvalue weighted by molar-refractivity contribution is 7.81. The third-order valence-corrected chi connectivity index (χ3v) is 2.16. The molecule has 0 saturated carbocycles. The SMILES string of the molecule is CC(C)c1ccc(N(C)S)cc1. The molecule has 1 nitrogen and oxygen atoms in total. The van der Waals surface area contributed by atoms with E-state index >= 15 is 0 Å². The van der Waals surface area contributed by atoms with Gasteiger partial charge in [0.05, 0.1) is 0 Å². The highest BCUT2D eigenvalue weighted by Crippen LogP contribution is 2.19. The van der Waals surface area contributed by atoms with E-state index < -0.39 is 0 Å². The number of rotatable bonds is 2. The Morgan fingerprint density at radius 2 is 1.67 bits per heavy atom. The van der Waals surface area contributed by atoms with E-state index in [9.17, 15) is 0 Å². The second kappa shape index (κ2) is 3.85. The van der Waals surface area contributed by atoms with Crippen molar-refractivity contribution in [3.63, 3.8) is 0 Å². The van der Waals surface area contributed by atoms with Gasteiger partial charge in [0.25, 0.3) is 0 Å². The first-order valence-electron chi connectivity index (χ1n) is 4.14. The van der Waals surface area contributed by atoms with Crippen molar-refractivity contribution in [1.29, 1.82) is 0 Å². The van der Waals surface area contributed by atoms with Gasteiger partial charge in [-0.2, -0.15) is 0 Å². The Labute approximate surface area is 79.9 Å². The molecule has 0 aliphatic carbocycles. The van der Waals surface area contributed by atoms with E-state index in [1.807, 2.05) is 11.4 Å². The zero-order chi connectivity index (χ0) is 9.14. The van der Waals surface area contributed by atoms with Gasteiger partial charge in [-0.05, 0) is 23.6 Å². The lowest BCUT2D eigenvalue weighted by Gasteiger charge is -2.12. The molecule has 1 aromatic rings. The van der Waals surface area contributed by atoms with E-state index in [0.717, 1.165) is 5.69 Å². The predicted molar refractivity (Wildman–Crippen MR) is 57.9 cm³/mol. The third-order valence-electron chi connectivity index (χ3n) is 1.93. The summed E-state index contributed by atoms with van der Waals surface area (Å²) < 4.78 is 1.81. The molecule has 0 bridgehead atoms. The van der Waals surface area contributed by atoms with Crippen LogP contribution in [0.3, 0.4) is 0 Å². The quantitative estimate of drug-likeness (QED) is 0.686. The van der Waals surface area contributed by atoms with Gasteiger partial charge in [0.2, 0.25) is 0 Å². The zero-order valence-corrected chi connectivity index (χ0v) is 8.68. The summed E-state index contributed by atoms with van der Waals surface area (Å²) in [5.74, 6) is 0.601. The van der Waals surface area contributed by atoms with Crippen LogP contribution >= 0.6 is 12.8 Å². The molecule has 0 amide bonds. The fourth-order valence-corrected chi connectivity index (χ4v) is 1.21. The van der Waals surface area contributed by atoms with E-state index in [1.165, 1.54) is 5.56 Å². The van der Waals surface area contributed by atoms with Crippen molar-refractivity contribution in [2.24, 2.45) is 0 Å². The molecule has 0 aliphatic rings. The number of anilines is 1.